The van der Waals surface area contributed by atoms with Crippen LogP contribution in [0.15, 0.2) is 24.3 Å². The number of carbonyl (C=O) groups is 1. The van der Waals surface area contributed by atoms with Crippen molar-refractivity contribution in [2.75, 3.05) is 13.6 Å². The van der Waals surface area contributed by atoms with Gasteiger partial charge in [0, 0.05) is 22.7 Å². The Morgan fingerprint density at radius 3 is 2.29 bits per heavy atom. The van der Waals surface area contributed by atoms with Gasteiger partial charge in [0.2, 0.25) is 0 Å². The molecule has 0 aliphatic rings. The second-order valence-corrected chi connectivity index (χ2v) is 4.84. The predicted octanol–water partition coefficient (Wildman–Crippen LogP) is 3.32. The number of halogens is 4. The van der Waals surface area contributed by atoms with E-state index < -0.39 is 18.5 Å². The summed E-state index contributed by atoms with van der Waals surface area (Å²) in [5.41, 5.74) is 0.398. The molecule has 94 valence electrons. The average molecular weight is 357 g/mol. The van der Waals surface area contributed by atoms with Crippen LogP contribution in [0.1, 0.15) is 16.8 Å². The van der Waals surface area contributed by atoms with Gasteiger partial charge in [0.15, 0.2) is 0 Å². The van der Waals surface area contributed by atoms with Crippen LogP contribution in [0.4, 0.5) is 13.2 Å². The largest absolute Gasteiger partial charge is 0.390 e. The molecule has 0 saturated heterocycles. The Kier molecular flexibility index (Phi) is 4.79. The number of alkyl halides is 3. The van der Waals surface area contributed by atoms with Gasteiger partial charge < -0.3 is 4.90 Å². The Balaban J connectivity index is 2.61. The molecule has 1 aromatic carbocycles. The average Bonchev–Trinajstić information content (AvgIpc) is 2.25. The maximum atomic E-state index is 12.0. The van der Waals surface area contributed by atoms with Crippen LogP contribution in [0.2, 0.25) is 0 Å². The Hall–Kier alpha value is -0.790. The third-order valence-electron chi connectivity index (χ3n) is 2.17. The molecule has 0 N–H and O–H groups in total. The molecular formula is C11H11F3INO. The summed E-state index contributed by atoms with van der Waals surface area (Å²) in [7, 11) is 1.37. The third-order valence-corrected chi connectivity index (χ3v) is 2.89. The predicted molar refractivity (Wildman–Crippen MR) is 66.8 cm³/mol. The number of hydrogen-bond donors (Lipinski definition) is 0. The van der Waals surface area contributed by atoms with E-state index in [4.69, 9.17) is 0 Å². The van der Waals surface area contributed by atoms with E-state index in [1.807, 2.05) is 0 Å². The zero-order valence-electron chi connectivity index (χ0n) is 9.09. The first-order valence-corrected chi connectivity index (χ1v) is 5.95. The van der Waals surface area contributed by atoms with Gasteiger partial charge >= 0.3 is 6.18 Å². The number of amides is 1. The molecule has 0 aliphatic heterocycles. The molecule has 0 aromatic heterocycles. The van der Waals surface area contributed by atoms with Gasteiger partial charge in [-0.1, -0.05) is 0 Å². The molecule has 0 radical (unpaired) electrons. The molecule has 1 aromatic rings. The normalized spacial score (nSPS) is 11.4. The topological polar surface area (TPSA) is 20.3 Å². The third kappa shape index (κ3) is 4.93. The molecule has 17 heavy (non-hydrogen) atoms. The summed E-state index contributed by atoms with van der Waals surface area (Å²) < 4.78 is 37.0. The van der Waals surface area contributed by atoms with Gasteiger partial charge in [0.05, 0.1) is 6.42 Å². The van der Waals surface area contributed by atoms with E-state index in [0.717, 1.165) is 8.47 Å². The van der Waals surface area contributed by atoms with Crippen molar-refractivity contribution in [3.8, 4) is 0 Å². The first-order chi connectivity index (χ1) is 7.79. The summed E-state index contributed by atoms with van der Waals surface area (Å²) in [5.74, 6) is -0.398. The van der Waals surface area contributed by atoms with Gasteiger partial charge in [-0.2, -0.15) is 13.2 Å². The lowest BCUT2D eigenvalue weighted by molar-refractivity contribution is -0.136. The molecule has 0 unspecified atom stereocenters. The molecule has 0 bridgehead atoms. The lowest BCUT2D eigenvalue weighted by Gasteiger charge is -2.18. The van der Waals surface area contributed by atoms with E-state index in [-0.39, 0.29) is 6.54 Å². The molecule has 0 fully saturated rings. The first-order valence-electron chi connectivity index (χ1n) is 4.87. The van der Waals surface area contributed by atoms with Gasteiger partial charge in [-0.15, -0.1) is 0 Å². The summed E-state index contributed by atoms with van der Waals surface area (Å²) in [4.78, 5) is 12.8. The van der Waals surface area contributed by atoms with Crippen LogP contribution in [0.5, 0.6) is 0 Å². The SMILES string of the molecule is CN(CCC(F)(F)F)C(=O)c1ccc(I)cc1. The molecule has 0 spiro atoms. The lowest BCUT2D eigenvalue weighted by Crippen LogP contribution is -2.30. The summed E-state index contributed by atoms with van der Waals surface area (Å²) >= 11 is 2.09. The van der Waals surface area contributed by atoms with Crippen LogP contribution < -0.4 is 0 Å². The highest BCUT2D eigenvalue weighted by atomic mass is 127. The molecule has 2 nitrogen and oxygen atoms in total. The Morgan fingerprint density at radius 2 is 1.82 bits per heavy atom. The monoisotopic (exact) mass is 357 g/mol. The molecule has 1 amide bonds. The van der Waals surface area contributed by atoms with Crippen molar-refractivity contribution in [1.29, 1.82) is 0 Å². The van der Waals surface area contributed by atoms with Crippen LogP contribution in [-0.2, 0) is 0 Å². The Bertz CT molecular complexity index is 389. The summed E-state index contributed by atoms with van der Waals surface area (Å²) in [5, 5.41) is 0. The van der Waals surface area contributed by atoms with Crippen LogP contribution in [0.3, 0.4) is 0 Å². The second-order valence-electron chi connectivity index (χ2n) is 3.60. The number of nitrogens with zero attached hydrogens (tertiary/aromatic N) is 1. The van der Waals surface area contributed by atoms with Crippen LogP contribution in [-0.4, -0.2) is 30.6 Å². The number of carbonyl (C=O) groups excluding carboxylic acids is 1. The van der Waals surface area contributed by atoms with Crippen molar-refractivity contribution in [1.82, 2.24) is 4.90 Å². The van der Waals surface area contributed by atoms with Crippen LogP contribution in [0, 0.1) is 3.57 Å². The molecule has 0 aliphatic carbocycles. The number of benzene rings is 1. The molecule has 1 rings (SSSR count). The fourth-order valence-electron chi connectivity index (χ4n) is 1.21. The fourth-order valence-corrected chi connectivity index (χ4v) is 1.57. The van der Waals surface area contributed by atoms with Gasteiger partial charge in [0.25, 0.3) is 5.91 Å². The van der Waals surface area contributed by atoms with E-state index in [1.165, 1.54) is 7.05 Å². The minimum atomic E-state index is -4.24. The Morgan fingerprint density at radius 1 is 1.29 bits per heavy atom. The Labute approximate surface area is 111 Å². The van der Waals surface area contributed by atoms with E-state index in [9.17, 15) is 18.0 Å². The zero-order chi connectivity index (χ0) is 13.1. The van der Waals surface area contributed by atoms with Gasteiger partial charge in [-0.3, -0.25) is 4.79 Å². The van der Waals surface area contributed by atoms with E-state index in [2.05, 4.69) is 22.6 Å². The maximum Gasteiger partial charge on any atom is 0.390 e. The van der Waals surface area contributed by atoms with Gasteiger partial charge in [-0.05, 0) is 46.9 Å². The molecule has 0 saturated carbocycles. The van der Waals surface area contributed by atoms with E-state index in [0.29, 0.717) is 5.56 Å². The minimum Gasteiger partial charge on any atom is -0.341 e. The quantitative estimate of drug-likeness (QED) is 0.761. The van der Waals surface area contributed by atoms with Gasteiger partial charge in [0.1, 0.15) is 0 Å². The summed E-state index contributed by atoms with van der Waals surface area (Å²) in [6, 6.07) is 6.69. The smallest absolute Gasteiger partial charge is 0.341 e. The van der Waals surface area contributed by atoms with Crippen molar-refractivity contribution >= 4 is 28.5 Å². The van der Waals surface area contributed by atoms with E-state index >= 15 is 0 Å². The molecule has 6 heteroatoms. The summed E-state index contributed by atoms with van der Waals surface area (Å²) in [6.07, 6.45) is -5.22. The lowest BCUT2D eigenvalue weighted by atomic mass is 10.2. The van der Waals surface area contributed by atoms with Crippen LogP contribution in [0.25, 0.3) is 0 Å². The minimum absolute atomic E-state index is 0.325. The van der Waals surface area contributed by atoms with Crippen molar-refractivity contribution < 1.29 is 18.0 Å². The first kappa shape index (κ1) is 14.3. The highest BCUT2D eigenvalue weighted by Crippen LogP contribution is 2.20. The second kappa shape index (κ2) is 5.70. The number of hydrogen-bond acceptors (Lipinski definition) is 1. The van der Waals surface area contributed by atoms with Crippen molar-refractivity contribution in [2.24, 2.45) is 0 Å². The summed E-state index contributed by atoms with van der Waals surface area (Å²) in [6.45, 7) is -0.325. The van der Waals surface area contributed by atoms with Crippen LogP contribution >= 0.6 is 22.6 Å². The highest BCUT2D eigenvalue weighted by molar-refractivity contribution is 14.1. The number of rotatable bonds is 3. The molecule has 0 atom stereocenters. The maximum absolute atomic E-state index is 12.0. The van der Waals surface area contributed by atoms with Crippen molar-refractivity contribution in [3.63, 3.8) is 0 Å². The zero-order valence-corrected chi connectivity index (χ0v) is 11.2. The fraction of sp³-hybridized carbons (Fsp3) is 0.364. The molecule has 0 heterocycles. The van der Waals surface area contributed by atoms with Crippen molar-refractivity contribution in [2.45, 2.75) is 12.6 Å². The van der Waals surface area contributed by atoms with Crippen molar-refractivity contribution in [3.05, 3.63) is 33.4 Å². The van der Waals surface area contributed by atoms with E-state index in [1.54, 1.807) is 24.3 Å². The standard InChI is InChI=1S/C11H11F3INO/c1-16(7-6-11(12,13)14)10(17)8-2-4-9(15)5-3-8/h2-5H,6-7H2,1H3. The molecular weight excluding hydrogens is 346 g/mol. The van der Waals surface area contributed by atoms with Gasteiger partial charge in [-0.25, -0.2) is 0 Å². The highest BCUT2D eigenvalue weighted by Gasteiger charge is 2.28.